The molecule has 3 amide bonds. The third kappa shape index (κ3) is 4.47. The second kappa shape index (κ2) is 9.96. The fraction of sp³-hybridized carbons (Fsp3) is 0.391. The lowest BCUT2D eigenvalue weighted by Crippen LogP contribution is -2.52. The van der Waals surface area contributed by atoms with Gasteiger partial charge in [-0.1, -0.05) is 11.6 Å². The average Bonchev–Trinajstić information content (AvgIpc) is 3.45. The molecule has 36 heavy (non-hydrogen) atoms. The fourth-order valence-electron chi connectivity index (χ4n) is 4.31. The molecule has 3 aliphatic heterocycles. The maximum atomic E-state index is 12.9. The Morgan fingerprint density at radius 3 is 2.83 bits per heavy atom. The summed E-state index contributed by atoms with van der Waals surface area (Å²) >= 11 is 7.05. The molecule has 5 rings (SSSR count). The van der Waals surface area contributed by atoms with Crippen molar-refractivity contribution in [2.75, 3.05) is 42.7 Å². The van der Waals surface area contributed by atoms with Crippen molar-refractivity contribution in [3.8, 4) is 5.75 Å². The van der Waals surface area contributed by atoms with E-state index in [9.17, 15) is 19.2 Å². The van der Waals surface area contributed by atoms with Gasteiger partial charge < -0.3 is 29.2 Å². The minimum atomic E-state index is -1.32. The van der Waals surface area contributed by atoms with Gasteiger partial charge in [-0.3, -0.25) is 14.5 Å². The number of hydrogen-bond acceptors (Lipinski definition) is 9. The highest BCUT2D eigenvalue weighted by Gasteiger charge is 2.47. The van der Waals surface area contributed by atoms with Gasteiger partial charge in [0, 0.05) is 18.3 Å². The minimum absolute atomic E-state index is 0.107. The number of amides is 3. The van der Waals surface area contributed by atoms with E-state index in [1.165, 1.54) is 9.80 Å². The molecule has 0 radical (unpaired) electrons. The van der Waals surface area contributed by atoms with Crippen LogP contribution in [-0.4, -0.2) is 75.0 Å². The highest BCUT2D eigenvalue weighted by Crippen LogP contribution is 2.41. The van der Waals surface area contributed by atoms with Gasteiger partial charge in [0.05, 0.1) is 34.7 Å². The Kier molecular flexibility index (Phi) is 6.73. The molecule has 1 aromatic carbocycles. The van der Waals surface area contributed by atoms with Gasteiger partial charge in [-0.25, -0.2) is 9.59 Å². The van der Waals surface area contributed by atoms with Gasteiger partial charge in [-0.05, 0) is 31.2 Å². The normalized spacial score (nSPS) is 22.9. The lowest BCUT2D eigenvalue weighted by atomic mass is 10.1. The van der Waals surface area contributed by atoms with E-state index in [0.29, 0.717) is 26.3 Å². The largest absolute Gasteiger partial charge is 0.489 e. The van der Waals surface area contributed by atoms with E-state index >= 15 is 0 Å². The van der Waals surface area contributed by atoms with Crippen molar-refractivity contribution >= 4 is 58.2 Å². The van der Waals surface area contributed by atoms with Crippen molar-refractivity contribution in [2.45, 2.75) is 25.2 Å². The number of halogens is 1. The molecule has 0 saturated carbocycles. The molecular weight excluding hydrogens is 514 g/mol. The number of morpholine rings is 1. The summed E-state index contributed by atoms with van der Waals surface area (Å²) in [5, 5.41) is 2.77. The highest BCUT2D eigenvalue weighted by molar-refractivity contribution is 7.18. The first-order chi connectivity index (χ1) is 17.4. The van der Waals surface area contributed by atoms with Gasteiger partial charge in [0.1, 0.15) is 24.5 Å². The van der Waals surface area contributed by atoms with E-state index in [2.05, 4.69) is 5.32 Å². The predicted molar refractivity (Wildman–Crippen MR) is 129 cm³/mol. The number of ether oxygens (including phenoxy) is 4. The Balaban J connectivity index is 1.29. The monoisotopic (exact) mass is 535 g/mol. The number of carbonyl (C=O) groups excluding carboxylic acids is 4. The summed E-state index contributed by atoms with van der Waals surface area (Å²) in [7, 11) is 0. The third-order valence-electron chi connectivity index (χ3n) is 5.99. The lowest BCUT2D eigenvalue weighted by Gasteiger charge is -2.34. The first-order valence-corrected chi connectivity index (χ1v) is 12.5. The van der Waals surface area contributed by atoms with Crippen LogP contribution < -0.4 is 19.9 Å². The number of thiophene rings is 1. The van der Waals surface area contributed by atoms with Gasteiger partial charge in [-0.15, -0.1) is 11.3 Å². The Morgan fingerprint density at radius 2 is 2.08 bits per heavy atom. The number of benzene rings is 1. The molecule has 13 heteroatoms. The van der Waals surface area contributed by atoms with Crippen LogP contribution >= 0.6 is 22.9 Å². The van der Waals surface area contributed by atoms with Gasteiger partial charge in [-0.2, -0.15) is 0 Å². The molecule has 2 fully saturated rings. The molecule has 1 unspecified atom stereocenters. The minimum Gasteiger partial charge on any atom is -0.489 e. The summed E-state index contributed by atoms with van der Waals surface area (Å²) in [5.41, 5.74) is 0.988. The molecule has 0 bridgehead atoms. The molecule has 11 nitrogen and oxygen atoms in total. The Labute approximate surface area is 214 Å². The van der Waals surface area contributed by atoms with Crippen molar-refractivity contribution in [2.24, 2.45) is 0 Å². The van der Waals surface area contributed by atoms with Crippen LogP contribution in [0, 0.1) is 0 Å². The fourth-order valence-corrected chi connectivity index (χ4v) is 5.27. The zero-order valence-electron chi connectivity index (χ0n) is 19.1. The van der Waals surface area contributed by atoms with E-state index in [1.54, 1.807) is 37.3 Å². The standard InChI is InChI=1S/C23H22ClN3O8S/c1-2-32-22(30)19-21(29)26(7-8-33-19)12-3-4-13-15(9-12)34-11-14-16(35-23(31)27(13)14)10-25-20(28)17-5-6-18(24)36-17/h3-6,9,14,16,19H,2,7-8,10-11H2,1H3,(H,25,28)/t14-,16-,19?/m0/s1. The lowest BCUT2D eigenvalue weighted by molar-refractivity contribution is -0.163. The Bertz CT molecular complexity index is 1220. The van der Waals surface area contributed by atoms with E-state index in [0.717, 1.165) is 11.3 Å². The Hall–Kier alpha value is -3.35. The van der Waals surface area contributed by atoms with Crippen LogP contribution in [0.25, 0.3) is 0 Å². The number of carbonyl (C=O) groups is 4. The summed E-state index contributed by atoms with van der Waals surface area (Å²) in [6.45, 7) is 2.45. The molecule has 2 aromatic rings. The van der Waals surface area contributed by atoms with Gasteiger partial charge >= 0.3 is 12.1 Å². The second-order valence-corrected chi connectivity index (χ2v) is 9.84. The van der Waals surface area contributed by atoms with Crippen molar-refractivity contribution in [1.82, 2.24) is 5.32 Å². The number of cyclic esters (lactones) is 1. The van der Waals surface area contributed by atoms with Crippen molar-refractivity contribution in [3.05, 3.63) is 39.5 Å². The third-order valence-corrected chi connectivity index (χ3v) is 7.22. The average molecular weight is 536 g/mol. The van der Waals surface area contributed by atoms with Crippen LogP contribution in [0.15, 0.2) is 30.3 Å². The van der Waals surface area contributed by atoms with Crippen molar-refractivity contribution in [3.63, 3.8) is 0 Å². The molecule has 1 N–H and O–H groups in total. The molecule has 190 valence electrons. The SMILES string of the molecule is CCOC(=O)C1OCCN(c2ccc3c(c2)OC[C@H]2[C@H](CNC(=O)c4ccc(Cl)s4)OC(=O)N32)C1=O. The summed E-state index contributed by atoms with van der Waals surface area (Å²) in [4.78, 5) is 53.4. The van der Waals surface area contributed by atoms with E-state index in [4.69, 9.17) is 30.5 Å². The zero-order chi connectivity index (χ0) is 25.4. The quantitative estimate of drug-likeness (QED) is 0.441. The second-order valence-electron chi connectivity index (χ2n) is 8.13. The van der Waals surface area contributed by atoms with E-state index in [1.807, 2.05) is 0 Å². The van der Waals surface area contributed by atoms with E-state index < -0.39 is 36.2 Å². The maximum absolute atomic E-state index is 12.9. The predicted octanol–water partition coefficient (Wildman–Crippen LogP) is 2.21. The summed E-state index contributed by atoms with van der Waals surface area (Å²) < 4.78 is 22.2. The number of rotatable bonds is 6. The van der Waals surface area contributed by atoms with Crippen LogP contribution in [0.3, 0.4) is 0 Å². The topological polar surface area (TPSA) is 124 Å². The molecule has 3 atom stereocenters. The number of fused-ring (bicyclic) bond motifs is 3. The zero-order valence-corrected chi connectivity index (χ0v) is 20.7. The highest BCUT2D eigenvalue weighted by atomic mass is 35.5. The summed E-state index contributed by atoms with van der Waals surface area (Å²) in [6.07, 6.45) is -2.49. The van der Waals surface area contributed by atoms with Gasteiger partial charge in [0.25, 0.3) is 11.8 Å². The smallest absolute Gasteiger partial charge is 0.415 e. The van der Waals surface area contributed by atoms with Crippen molar-refractivity contribution < 1.29 is 38.1 Å². The first-order valence-electron chi connectivity index (χ1n) is 11.3. The molecule has 0 aliphatic carbocycles. The van der Waals surface area contributed by atoms with Crippen LogP contribution in [0.4, 0.5) is 16.2 Å². The van der Waals surface area contributed by atoms with Gasteiger partial charge in [0.15, 0.2) is 0 Å². The molecular formula is C23H22ClN3O8S. The maximum Gasteiger partial charge on any atom is 0.415 e. The number of nitrogens with one attached hydrogen (secondary N) is 1. The van der Waals surface area contributed by atoms with Crippen LogP contribution in [0.5, 0.6) is 5.75 Å². The Morgan fingerprint density at radius 1 is 1.25 bits per heavy atom. The van der Waals surface area contributed by atoms with Crippen LogP contribution in [-0.2, 0) is 23.8 Å². The van der Waals surface area contributed by atoms with Gasteiger partial charge in [0.2, 0.25) is 6.10 Å². The molecule has 1 aromatic heterocycles. The van der Waals surface area contributed by atoms with Crippen LogP contribution in [0.2, 0.25) is 4.34 Å². The summed E-state index contributed by atoms with van der Waals surface area (Å²) in [6, 6.07) is 7.79. The number of nitrogens with zero attached hydrogens (tertiary/aromatic N) is 2. The number of esters is 1. The molecule has 3 aliphatic rings. The molecule has 4 heterocycles. The van der Waals surface area contributed by atoms with Crippen LogP contribution in [0.1, 0.15) is 16.6 Å². The molecule has 0 spiro atoms. The van der Waals surface area contributed by atoms with E-state index in [-0.39, 0.29) is 38.8 Å². The number of hydrogen-bond donors (Lipinski definition) is 1. The van der Waals surface area contributed by atoms with Crippen molar-refractivity contribution in [1.29, 1.82) is 0 Å². The summed E-state index contributed by atoms with van der Waals surface area (Å²) in [5.74, 6) is -1.17. The molecule has 2 saturated heterocycles. The number of anilines is 2. The first kappa shape index (κ1) is 24.3.